The summed E-state index contributed by atoms with van der Waals surface area (Å²) in [6.07, 6.45) is -0.676. The molecule has 0 heterocycles. The molecule has 0 bridgehead atoms. The molecule has 2 rings (SSSR count). The lowest BCUT2D eigenvalue weighted by Gasteiger charge is -2.23. The summed E-state index contributed by atoms with van der Waals surface area (Å²) in [5.74, 6) is 0. The Hall–Kier alpha value is -2.03. The highest BCUT2D eigenvalue weighted by molar-refractivity contribution is 5.83. The molecule has 0 saturated heterocycles. The number of fused-ring (bicyclic) bond motifs is 1. The molecular formula is C15H16O3. The smallest absolute Gasteiger partial charge is 0.450 e. The average molecular weight is 244 g/mol. The van der Waals surface area contributed by atoms with E-state index in [1.54, 1.807) is 13.8 Å². The Bertz CT molecular complexity index is 573. The van der Waals surface area contributed by atoms with Crippen LogP contribution in [0.5, 0.6) is 0 Å². The maximum Gasteiger partial charge on any atom is 0.506 e. The highest BCUT2D eigenvalue weighted by Crippen LogP contribution is 2.21. The highest BCUT2D eigenvalue weighted by Gasteiger charge is 2.23. The number of rotatable bonds is 3. The molecule has 0 fully saturated rings. The highest BCUT2D eigenvalue weighted by atomic mass is 16.7. The second-order valence-corrected chi connectivity index (χ2v) is 4.99. The van der Waals surface area contributed by atoms with Crippen molar-refractivity contribution < 1.29 is 14.6 Å². The standard InChI is InChI=1S/C15H16O3/c1-15(2,18-14(16)17)10-11-7-8-12-5-3-4-6-13(12)9-11/h3-9H,10H2,1-2H3,(H,16,17). The summed E-state index contributed by atoms with van der Waals surface area (Å²) in [6, 6.07) is 14.2. The third-order valence-electron chi connectivity index (χ3n) is 2.81. The minimum absolute atomic E-state index is 0.560. The molecule has 18 heavy (non-hydrogen) atoms. The van der Waals surface area contributed by atoms with E-state index in [1.165, 1.54) is 5.39 Å². The Labute approximate surface area is 106 Å². The van der Waals surface area contributed by atoms with Gasteiger partial charge in [0.15, 0.2) is 0 Å². The van der Waals surface area contributed by atoms with Crippen LogP contribution in [0.1, 0.15) is 19.4 Å². The van der Waals surface area contributed by atoms with Gasteiger partial charge in [-0.25, -0.2) is 4.79 Å². The van der Waals surface area contributed by atoms with Gasteiger partial charge in [0.1, 0.15) is 5.60 Å². The van der Waals surface area contributed by atoms with Gasteiger partial charge in [-0.2, -0.15) is 0 Å². The zero-order valence-corrected chi connectivity index (χ0v) is 10.5. The van der Waals surface area contributed by atoms with Crippen LogP contribution in [0.25, 0.3) is 10.8 Å². The number of ether oxygens (including phenoxy) is 1. The van der Waals surface area contributed by atoms with Gasteiger partial charge in [0.05, 0.1) is 0 Å². The van der Waals surface area contributed by atoms with E-state index in [1.807, 2.05) is 30.3 Å². The predicted molar refractivity (Wildman–Crippen MR) is 70.8 cm³/mol. The number of hydrogen-bond acceptors (Lipinski definition) is 2. The number of hydrogen-bond donors (Lipinski definition) is 1. The zero-order chi connectivity index (χ0) is 13.2. The van der Waals surface area contributed by atoms with Gasteiger partial charge in [-0.1, -0.05) is 42.5 Å². The van der Waals surface area contributed by atoms with E-state index in [0.717, 1.165) is 10.9 Å². The fourth-order valence-electron chi connectivity index (χ4n) is 2.11. The lowest BCUT2D eigenvalue weighted by molar-refractivity contribution is 0.00429. The van der Waals surface area contributed by atoms with Crippen LogP contribution < -0.4 is 0 Å². The molecule has 0 aromatic heterocycles. The Balaban J connectivity index is 2.24. The summed E-state index contributed by atoms with van der Waals surface area (Å²) in [4.78, 5) is 10.6. The lowest BCUT2D eigenvalue weighted by Crippen LogP contribution is -2.29. The predicted octanol–water partition coefficient (Wildman–Crippen LogP) is 3.86. The summed E-state index contributed by atoms with van der Waals surface area (Å²) in [5, 5.41) is 11.0. The molecule has 3 nitrogen and oxygen atoms in total. The van der Waals surface area contributed by atoms with Crippen LogP contribution in [0.4, 0.5) is 4.79 Å². The van der Waals surface area contributed by atoms with Crippen LogP contribution in [0.3, 0.4) is 0 Å². The molecule has 0 spiro atoms. The van der Waals surface area contributed by atoms with Gasteiger partial charge in [-0.3, -0.25) is 0 Å². The molecule has 0 aliphatic rings. The van der Waals surface area contributed by atoms with Gasteiger partial charge in [0, 0.05) is 6.42 Å². The van der Waals surface area contributed by atoms with Crippen molar-refractivity contribution in [1.29, 1.82) is 0 Å². The van der Waals surface area contributed by atoms with Crippen molar-refractivity contribution in [2.45, 2.75) is 25.9 Å². The van der Waals surface area contributed by atoms with Gasteiger partial charge < -0.3 is 9.84 Å². The first-order chi connectivity index (χ1) is 8.46. The van der Waals surface area contributed by atoms with Crippen molar-refractivity contribution in [2.24, 2.45) is 0 Å². The quantitative estimate of drug-likeness (QED) is 0.834. The van der Waals surface area contributed by atoms with Crippen molar-refractivity contribution in [1.82, 2.24) is 0 Å². The molecule has 94 valence electrons. The molecule has 0 amide bonds. The molecule has 0 aliphatic heterocycles. The first-order valence-electron chi connectivity index (χ1n) is 5.86. The van der Waals surface area contributed by atoms with Gasteiger partial charge in [0.2, 0.25) is 0 Å². The van der Waals surface area contributed by atoms with Crippen LogP contribution in [0.15, 0.2) is 42.5 Å². The average Bonchev–Trinajstić information content (AvgIpc) is 2.26. The van der Waals surface area contributed by atoms with Crippen LogP contribution in [-0.4, -0.2) is 16.9 Å². The SMILES string of the molecule is CC(C)(Cc1ccc2ccccc2c1)OC(=O)O. The summed E-state index contributed by atoms with van der Waals surface area (Å²) >= 11 is 0. The molecule has 2 aromatic carbocycles. The van der Waals surface area contributed by atoms with Crippen molar-refractivity contribution >= 4 is 16.9 Å². The van der Waals surface area contributed by atoms with Crippen molar-refractivity contribution in [3.05, 3.63) is 48.0 Å². The van der Waals surface area contributed by atoms with Crippen LogP contribution in [-0.2, 0) is 11.2 Å². The van der Waals surface area contributed by atoms with Crippen LogP contribution in [0, 0.1) is 0 Å². The maximum absolute atomic E-state index is 10.6. The Morgan fingerprint density at radius 2 is 1.83 bits per heavy atom. The van der Waals surface area contributed by atoms with E-state index in [9.17, 15) is 4.79 Å². The third-order valence-corrected chi connectivity index (χ3v) is 2.81. The minimum atomic E-state index is -1.24. The van der Waals surface area contributed by atoms with E-state index >= 15 is 0 Å². The second kappa shape index (κ2) is 4.69. The molecule has 3 heteroatoms. The molecule has 1 N–H and O–H groups in total. The first kappa shape index (κ1) is 12.4. The van der Waals surface area contributed by atoms with E-state index in [0.29, 0.717) is 6.42 Å². The van der Waals surface area contributed by atoms with Gasteiger partial charge in [-0.05, 0) is 30.2 Å². The maximum atomic E-state index is 10.6. The fraction of sp³-hybridized carbons (Fsp3) is 0.267. The van der Waals surface area contributed by atoms with Crippen molar-refractivity contribution in [3.8, 4) is 0 Å². The molecule has 0 saturated carbocycles. The van der Waals surface area contributed by atoms with Gasteiger partial charge in [0.25, 0.3) is 0 Å². The monoisotopic (exact) mass is 244 g/mol. The Morgan fingerprint density at radius 1 is 1.17 bits per heavy atom. The number of carbonyl (C=O) groups is 1. The molecule has 0 radical (unpaired) electrons. The normalized spacial score (nSPS) is 11.4. The van der Waals surface area contributed by atoms with Crippen molar-refractivity contribution in [3.63, 3.8) is 0 Å². The third kappa shape index (κ3) is 3.00. The Morgan fingerprint density at radius 3 is 2.50 bits per heavy atom. The number of carboxylic acid groups (broad SMARTS) is 1. The molecule has 2 aromatic rings. The summed E-state index contributed by atoms with van der Waals surface area (Å²) < 4.78 is 4.87. The largest absolute Gasteiger partial charge is 0.506 e. The van der Waals surface area contributed by atoms with E-state index in [-0.39, 0.29) is 0 Å². The molecular weight excluding hydrogens is 228 g/mol. The molecule has 0 atom stereocenters. The first-order valence-corrected chi connectivity index (χ1v) is 5.86. The zero-order valence-electron chi connectivity index (χ0n) is 10.5. The van der Waals surface area contributed by atoms with E-state index in [2.05, 4.69) is 12.1 Å². The topological polar surface area (TPSA) is 46.5 Å². The summed E-state index contributed by atoms with van der Waals surface area (Å²) in [6.45, 7) is 3.55. The lowest BCUT2D eigenvalue weighted by atomic mass is 9.96. The van der Waals surface area contributed by atoms with Gasteiger partial charge >= 0.3 is 6.16 Å². The summed E-state index contributed by atoms with van der Waals surface area (Å²) in [5.41, 5.74) is 0.355. The second-order valence-electron chi connectivity index (χ2n) is 4.99. The summed E-state index contributed by atoms with van der Waals surface area (Å²) in [7, 11) is 0. The fourth-order valence-corrected chi connectivity index (χ4v) is 2.11. The van der Waals surface area contributed by atoms with E-state index in [4.69, 9.17) is 9.84 Å². The molecule has 0 unspecified atom stereocenters. The van der Waals surface area contributed by atoms with Gasteiger partial charge in [-0.15, -0.1) is 0 Å². The van der Waals surface area contributed by atoms with Crippen LogP contribution >= 0.6 is 0 Å². The van der Waals surface area contributed by atoms with E-state index < -0.39 is 11.8 Å². The minimum Gasteiger partial charge on any atom is -0.450 e. The molecule has 0 aliphatic carbocycles. The Kier molecular flexibility index (Phi) is 3.24. The van der Waals surface area contributed by atoms with Crippen LogP contribution in [0.2, 0.25) is 0 Å². The van der Waals surface area contributed by atoms with Crippen molar-refractivity contribution in [2.75, 3.05) is 0 Å². The number of benzene rings is 2.